The van der Waals surface area contributed by atoms with Gasteiger partial charge in [-0.3, -0.25) is 9.69 Å². The summed E-state index contributed by atoms with van der Waals surface area (Å²) in [5.74, 6) is -0.722. The lowest BCUT2D eigenvalue weighted by Gasteiger charge is -2.42. The molecule has 0 spiro atoms. The summed E-state index contributed by atoms with van der Waals surface area (Å²) in [6, 6.07) is 4.37. The van der Waals surface area contributed by atoms with Crippen LogP contribution in [0.15, 0.2) is 18.2 Å². The average molecular weight is 279 g/mol. The zero-order valence-electron chi connectivity index (χ0n) is 12.3. The highest BCUT2D eigenvalue weighted by Crippen LogP contribution is 2.20. The number of hydrogen-bond donors (Lipinski definition) is 1. The number of nitrogens with two attached hydrogens (primary N) is 1. The van der Waals surface area contributed by atoms with Gasteiger partial charge in [-0.05, 0) is 32.9 Å². The molecule has 5 heteroatoms. The topological polar surface area (TPSA) is 49.6 Å². The minimum atomic E-state index is -0.538. The fourth-order valence-electron chi connectivity index (χ4n) is 2.47. The van der Waals surface area contributed by atoms with E-state index in [1.165, 1.54) is 12.1 Å². The van der Waals surface area contributed by atoms with Crippen LogP contribution in [0.1, 0.15) is 31.1 Å². The van der Waals surface area contributed by atoms with Crippen molar-refractivity contribution in [3.8, 4) is 0 Å². The molecule has 0 saturated carbocycles. The SMILES string of the molecule is CC(C)(C)N1CCN(C(=O)c2cccc(F)c2N)CC1. The zero-order chi connectivity index (χ0) is 14.9. The number of nitrogens with zero attached hydrogens (tertiary/aromatic N) is 2. The standard InChI is InChI=1S/C15H22FN3O/c1-15(2,3)19-9-7-18(8-10-19)14(20)11-5-4-6-12(16)13(11)17/h4-6H,7-10,17H2,1-3H3. The molecule has 1 saturated heterocycles. The smallest absolute Gasteiger partial charge is 0.256 e. The Morgan fingerprint density at radius 2 is 1.80 bits per heavy atom. The number of carbonyl (C=O) groups is 1. The minimum Gasteiger partial charge on any atom is -0.396 e. The number of hydrogen-bond acceptors (Lipinski definition) is 3. The predicted octanol–water partition coefficient (Wildman–Crippen LogP) is 1.96. The first-order chi connectivity index (χ1) is 9.30. The maximum absolute atomic E-state index is 13.4. The van der Waals surface area contributed by atoms with Crippen molar-refractivity contribution in [3.63, 3.8) is 0 Å². The number of benzene rings is 1. The highest BCUT2D eigenvalue weighted by atomic mass is 19.1. The highest BCUT2D eigenvalue weighted by molar-refractivity contribution is 5.99. The predicted molar refractivity (Wildman–Crippen MR) is 78.0 cm³/mol. The number of piperazine rings is 1. The van der Waals surface area contributed by atoms with Crippen LogP contribution in [0.25, 0.3) is 0 Å². The molecule has 1 aliphatic rings. The fourth-order valence-corrected chi connectivity index (χ4v) is 2.47. The summed E-state index contributed by atoms with van der Waals surface area (Å²) >= 11 is 0. The normalized spacial score (nSPS) is 17.3. The zero-order valence-corrected chi connectivity index (χ0v) is 12.3. The lowest BCUT2D eigenvalue weighted by Crippen LogP contribution is -2.54. The number of anilines is 1. The fraction of sp³-hybridized carbons (Fsp3) is 0.533. The minimum absolute atomic E-state index is 0.0595. The first-order valence-corrected chi connectivity index (χ1v) is 6.89. The Labute approximate surface area is 119 Å². The first kappa shape index (κ1) is 14.8. The van der Waals surface area contributed by atoms with Crippen LogP contribution in [0.2, 0.25) is 0 Å². The molecule has 0 atom stereocenters. The maximum Gasteiger partial charge on any atom is 0.256 e. The molecule has 0 radical (unpaired) electrons. The Bertz CT molecular complexity index is 502. The molecule has 4 nitrogen and oxygen atoms in total. The van der Waals surface area contributed by atoms with Gasteiger partial charge in [0.2, 0.25) is 0 Å². The largest absolute Gasteiger partial charge is 0.396 e. The molecule has 1 amide bonds. The molecule has 0 bridgehead atoms. The van der Waals surface area contributed by atoms with E-state index in [2.05, 4.69) is 25.7 Å². The summed E-state index contributed by atoms with van der Waals surface area (Å²) in [5, 5.41) is 0. The van der Waals surface area contributed by atoms with Crippen molar-refractivity contribution in [1.29, 1.82) is 0 Å². The number of amides is 1. The van der Waals surface area contributed by atoms with Crippen LogP contribution >= 0.6 is 0 Å². The molecule has 2 N–H and O–H groups in total. The third-order valence-corrected chi connectivity index (χ3v) is 3.80. The molecule has 0 unspecified atom stereocenters. The third-order valence-electron chi connectivity index (χ3n) is 3.80. The van der Waals surface area contributed by atoms with E-state index in [1.54, 1.807) is 11.0 Å². The summed E-state index contributed by atoms with van der Waals surface area (Å²) in [7, 11) is 0. The summed E-state index contributed by atoms with van der Waals surface area (Å²) in [6.07, 6.45) is 0. The van der Waals surface area contributed by atoms with Crippen LogP contribution in [0, 0.1) is 5.82 Å². The molecule has 1 aliphatic heterocycles. The Morgan fingerprint density at radius 1 is 1.20 bits per heavy atom. The second-order valence-electron chi connectivity index (χ2n) is 6.15. The van der Waals surface area contributed by atoms with Crippen LogP contribution in [-0.2, 0) is 0 Å². The Hall–Kier alpha value is -1.62. The Balaban J connectivity index is 2.07. The molecule has 110 valence electrons. The number of carbonyl (C=O) groups excluding carboxylic acids is 1. The lowest BCUT2D eigenvalue weighted by molar-refractivity contribution is 0.0451. The van der Waals surface area contributed by atoms with Crippen molar-refractivity contribution in [2.45, 2.75) is 26.3 Å². The van der Waals surface area contributed by atoms with Crippen molar-refractivity contribution >= 4 is 11.6 Å². The van der Waals surface area contributed by atoms with Crippen LogP contribution < -0.4 is 5.73 Å². The first-order valence-electron chi connectivity index (χ1n) is 6.89. The van der Waals surface area contributed by atoms with E-state index in [9.17, 15) is 9.18 Å². The van der Waals surface area contributed by atoms with Crippen LogP contribution in [-0.4, -0.2) is 47.4 Å². The summed E-state index contributed by atoms with van der Waals surface area (Å²) < 4.78 is 13.4. The molecule has 0 aliphatic carbocycles. The van der Waals surface area contributed by atoms with Gasteiger partial charge in [0.15, 0.2) is 0 Å². The number of halogens is 1. The van der Waals surface area contributed by atoms with Gasteiger partial charge < -0.3 is 10.6 Å². The summed E-state index contributed by atoms with van der Waals surface area (Å²) in [6.45, 7) is 9.42. The van der Waals surface area contributed by atoms with E-state index in [0.717, 1.165) is 13.1 Å². The van der Waals surface area contributed by atoms with Gasteiger partial charge in [-0.15, -0.1) is 0 Å². The Morgan fingerprint density at radius 3 is 2.35 bits per heavy atom. The molecule has 1 heterocycles. The third kappa shape index (κ3) is 2.93. The van der Waals surface area contributed by atoms with Gasteiger partial charge in [0.1, 0.15) is 5.82 Å². The molecule has 0 aromatic heterocycles. The molecule has 2 rings (SSSR count). The summed E-state index contributed by atoms with van der Waals surface area (Å²) in [5.41, 5.74) is 5.96. The van der Waals surface area contributed by atoms with Crippen molar-refractivity contribution in [1.82, 2.24) is 9.80 Å². The maximum atomic E-state index is 13.4. The average Bonchev–Trinajstić information content (AvgIpc) is 2.40. The highest BCUT2D eigenvalue weighted by Gasteiger charge is 2.29. The second-order valence-corrected chi connectivity index (χ2v) is 6.15. The Kier molecular flexibility index (Phi) is 3.99. The monoisotopic (exact) mass is 279 g/mol. The van der Waals surface area contributed by atoms with E-state index in [0.29, 0.717) is 13.1 Å². The van der Waals surface area contributed by atoms with E-state index < -0.39 is 5.82 Å². The molecule has 1 fully saturated rings. The van der Waals surface area contributed by atoms with E-state index >= 15 is 0 Å². The van der Waals surface area contributed by atoms with Crippen molar-refractivity contribution < 1.29 is 9.18 Å². The van der Waals surface area contributed by atoms with Crippen molar-refractivity contribution in [2.24, 2.45) is 0 Å². The number of para-hydroxylation sites is 1. The summed E-state index contributed by atoms with van der Waals surface area (Å²) in [4.78, 5) is 16.5. The molecule has 1 aromatic rings. The van der Waals surface area contributed by atoms with Gasteiger partial charge in [-0.1, -0.05) is 6.07 Å². The van der Waals surface area contributed by atoms with Gasteiger partial charge in [0, 0.05) is 31.7 Å². The van der Waals surface area contributed by atoms with Crippen LogP contribution in [0.4, 0.5) is 10.1 Å². The molecular formula is C15H22FN3O. The number of rotatable bonds is 1. The van der Waals surface area contributed by atoms with Crippen LogP contribution in [0.3, 0.4) is 0 Å². The van der Waals surface area contributed by atoms with Crippen LogP contribution in [0.5, 0.6) is 0 Å². The molecule has 1 aromatic carbocycles. The number of nitrogen functional groups attached to an aromatic ring is 1. The van der Waals surface area contributed by atoms with Gasteiger partial charge >= 0.3 is 0 Å². The van der Waals surface area contributed by atoms with Gasteiger partial charge in [0.25, 0.3) is 5.91 Å². The van der Waals surface area contributed by atoms with E-state index in [1.807, 2.05) is 0 Å². The second kappa shape index (κ2) is 5.40. The quantitative estimate of drug-likeness (QED) is 0.800. The van der Waals surface area contributed by atoms with Crippen molar-refractivity contribution in [3.05, 3.63) is 29.6 Å². The van der Waals surface area contributed by atoms with Gasteiger partial charge in [0.05, 0.1) is 11.3 Å². The molecule has 20 heavy (non-hydrogen) atoms. The van der Waals surface area contributed by atoms with Gasteiger partial charge in [-0.25, -0.2) is 4.39 Å². The van der Waals surface area contributed by atoms with Gasteiger partial charge in [-0.2, -0.15) is 0 Å². The molecular weight excluding hydrogens is 257 g/mol. The van der Waals surface area contributed by atoms with Crippen molar-refractivity contribution in [2.75, 3.05) is 31.9 Å². The van der Waals surface area contributed by atoms with E-state index in [-0.39, 0.29) is 22.7 Å². The lowest BCUT2D eigenvalue weighted by atomic mass is 10.0. The van der Waals surface area contributed by atoms with E-state index in [4.69, 9.17) is 5.73 Å².